The highest BCUT2D eigenvalue weighted by Gasteiger charge is 2.20. The Morgan fingerprint density at radius 1 is 1.26 bits per heavy atom. The summed E-state index contributed by atoms with van der Waals surface area (Å²) in [6.07, 6.45) is 10.4. The van der Waals surface area contributed by atoms with Gasteiger partial charge in [0.1, 0.15) is 17.5 Å². The number of hydrogen-bond donors (Lipinski definition) is 6. The summed E-state index contributed by atoms with van der Waals surface area (Å²) in [6.45, 7) is 4.11. The fourth-order valence-electron chi connectivity index (χ4n) is 3.27. The number of nitrogens with zero attached hydrogens (tertiary/aromatic N) is 2. The fraction of sp³-hybridized carbons (Fsp3) is 0.348. The van der Waals surface area contributed by atoms with Crippen LogP contribution in [-0.2, 0) is 0 Å². The summed E-state index contributed by atoms with van der Waals surface area (Å²) in [6, 6.07) is 6.04. The predicted molar refractivity (Wildman–Crippen MR) is 128 cm³/mol. The first-order valence-electron chi connectivity index (χ1n) is 10.6. The van der Waals surface area contributed by atoms with Crippen LogP contribution in [0.1, 0.15) is 38.7 Å². The van der Waals surface area contributed by atoms with Gasteiger partial charge in [0.05, 0.1) is 11.0 Å². The van der Waals surface area contributed by atoms with Gasteiger partial charge in [-0.2, -0.15) is 0 Å². The van der Waals surface area contributed by atoms with Crippen molar-refractivity contribution in [3.63, 3.8) is 0 Å². The van der Waals surface area contributed by atoms with Gasteiger partial charge in [-0.3, -0.25) is 10.4 Å². The van der Waals surface area contributed by atoms with E-state index in [1.165, 1.54) is 6.42 Å². The molecule has 2 heterocycles. The van der Waals surface area contributed by atoms with E-state index < -0.39 is 0 Å². The van der Waals surface area contributed by atoms with Crippen molar-refractivity contribution in [2.45, 2.75) is 39.2 Å². The van der Waals surface area contributed by atoms with Crippen molar-refractivity contribution in [3.05, 3.63) is 59.8 Å². The zero-order valence-electron chi connectivity index (χ0n) is 18.4. The number of hydrogen-bond acceptors (Lipinski definition) is 7. The van der Waals surface area contributed by atoms with Gasteiger partial charge in [0.25, 0.3) is 0 Å². The van der Waals surface area contributed by atoms with Crippen LogP contribution < -0.4 is 27.4 Å². The topological polar surface area (TPSA) is 138 Å². The van der Waals surface area contributed by atoms with Crippen molar-refractivity contribution in [1.29, 1.82) is 5.41 Å². The van der Waals surface area contributed by atoms with Gasteiger partial charge in [-0.15, -0.1) is 0 Å². The van der Waals surface area contributed by atoms with Crippen molar-refractivity contribution in [2.24, 2.45) is 17.4 Å². The highest BCUT2D eigenvalue weighted by molar-refractivity contribution is 6.21. The van der Waals surface area contributed by atoms with Crippen LogP contribution in [0, 0.1) is 11.3 Å². The van der Waals surface area contributed by atoms with E-state index in [9.17, 15) is 0 Å². The minimum Gasteiger partial charge on any atom is -0.404 e. The van der Waals surface area contributed by atoms with Crippen LogP contribution in [0.15, 0.2) is 54.3 Å². The minimum absolute atomic E-state index is 0.267. The molecule has 8 heteroatoms. The number of amidine groups is 1. The lowest BCUT2D eigenvalue weighted by atomic mass is 9.92. The highest BCUT2D eigenvalue weighted by atomic mass is 15.1. The van der Waals surface area contributed by atoms with E-state index in [-0.39, 0.29) is 5.92 Å². The Hall–Kier alpha value is -3.55. The van der Waals surface area contributed by atoms with E-state index in [0.29, 0.717) is 29.0 Å². The summed E-state index contributed by atoms with van der Waals surface area (Å²) in [7, 11) is 1.82. The molecule has 0 saturated heterocycles. The Labute approximate surface area is 183 Å². The number of pyridine rings is 2. The van der Waals surface area contributed by atoms with Gasteiger partial charge in [-0.05, 0) is 61.2 Å². The molecule has 2 aromatic heterocycles. The molecule has 1 fully saturated rings. The smallest absolute Gasteiger partial charge is 0.132 e. The van der Waals surface area contributed by atoms with Crippen molar-refractivity contribution in [2.75, 3.05) is 12.4 Å². The number of aromatic nitrogens is 2. The number of nitrogens with two attached hydrogens (primary N) is 2. The molecule has 1 aliphatic rings. The van der Waals surface area contributed by atoms with Gasteiger partial charge in [-0.25, -0.2) is 4.98 Å². The molecule has 0 amide bonds. The molecule has 31 heavy (non-hydrogen) atoms. The number of nitrogens with one attached hydrogen (secondary N) is 4. The molecular weight excluding hydrogens is 388 g/mol. The Bertz CT molecular complexity index is 1030. The Morgan fingerprint density at radius 2 is 2.03 bits per heavy atom. The molecular formula is C23H32N8. The average Bonchev–Trinajstić information content (AvgIpc) is 2.72. The Kier molecular flexibility index (Phi) is 7.12. The average molecular weight is 421 g/mol. The second-order valence-corrected chi connectivity index (χ2v) is 8.00. The van der Waals surface area contributed by atoms with Crippen molar-refractivity contribution in [3.8, 4) is 0 Å². The first-order valence-corrected chi connectivity index (χ1v) is 10.6. The highest BCUT2D eigenvalue weighted by Crippen LogP contribution is 2.23. The summed E-state index contributed by atoms with van der Waals surface area (Å²) < 4.78 is 0. The van der Waals surface area contributed by atoms with E-state index in [4.69, 9.17) is 16.9 Å². The lowest BCUT2D eigenvalue weighted by molar-refractivity contribution is 0.384. The summed E-state index contributed by atoms with van der Waals surface area (Å²) in [5, 5.41) is 17.9. The third-order valence-corrected chi connectivity index (χ3v) is 5.31. The van der Waals surface area contributed by atoms with E-state index >= 15 is 0 Å². The minimum atomic E-state index is 0.267. The summed E-state index contributed by atoms with van der Waals surface area (Å²) in [4.78, 5) is 9.19. The predicted octanol–water partition coefficient (Wildman–Crippen LogP) is 3.02. The first-order chi connectivity index (χ1) is 14.9. The maximum Gasteiger partial charge on any atom is 0.132 e. The fourth-order valence-corrected chi connectivity index (χ4v) is 3.27. The third-order valence-electron chi connectivity index (χ3n) is 5.31. The molecule has 8 nitrogen and oxygen atoms in total. The van der Waals surface area contributed by atoms with Gasteiger partial charge in [-0.1, -0.05) is 13.8 Å². The van der Waals surface area contributed by atoms with E-state index in [1.54, 1.807) is 12.4 Å². The second kappa shape index (κ2) is 9.97. The van der Waals surface area contributed by atoms with Gasteiger partial charge >= 0.3 is 0 Å². The normalized spacial score (nSPS) is 15.7. The maximum atomic E-state index is 8.50. The van der Waals surface area contributed by atoms with Crippen LogP contribution in [-0.4, -0.2) is 28.9 Å². The molecule has 2 aromatic rings. The SMILES string of the molecule is CN/C=C(\C(=N)NC1CCC1)c1cnc2ccc(N/C(N)=C/C(=C\N)C(C)C)nc2c1. The molecule has 0 radical (unpaired) electrons. The van der Waals surface area contributed by atoms with Crippen LogP contribution in [0.2, 0.25) is 0 Å². The van der Waals surface area contributed by atoms with Crippen molar-refractivity contribution < 1.29 is 0 Å². The number of rotatable bonds is 8. The largest absolute Gasteiger partial charge is 0.404 e. The molecule has 3 rings (SSSR count). The number of allylic oxidation sites excluding steroid dienone is 2. The molecule has 0 atom stereocenters. The molecule has 8 N–H and O–H groups in total. The zero-order valence-corrected chi connectivity index (χ0v) is 18.4. The van der Waals surface area contributed by atoms with Gasteiger partial charge in [0.15, 0.2) is 0 Å². The lowest BCUT2D eigenvalue weighted by Gasteiger charge is -2.28. The standard InChI is InChI=1S/C23H32N8/c1-14(2)15(11-24)10-21(25)31-22-8-7-19-20(30-22)9-16(12-28-19)18(13-27-3)23(26)29-17-5-4-6-17/h7-14,17,27H,4-6,24-25H2,1-3H3,(H2,26,29)(H,30,31)/b15-11+,18-13-,21-10+. The monoisotopic (exact) mass is 420 g/mol. The number of anilines is 1. The molecule has 0 bridgehead atoms. The Morgan fingerprint density at radius 3 is 2.65 bits per heavy atom. The zero-order chi connectivity index (χ0) is 22.4. The molecule has 0 spiro atoms. The summed E-state index contributed by atoms with van der Waals surface area (Å²) >= 11 is 0. The first kappa shape index (κ1) is 22.1. The van der Waals surface area contributed by atoms with Gasteiger partial charge in [0.2, 0.25) is 0 Å². The number of fused-ring (bicyclic) bond motifs is 1. The van der Waals surface area contributed by atoms with E-state index in [1.807, 2.05) is 37.5 Å². The Balaban J connectivity index is 1.86. The van der Waals surface area contributed by atoms with Gasteiger partial charge < -0.3 is 27.4 Å². The van der Waals surface area contributed by atoms with Crippen LogP contribution in [0.5, 0.6) is 0 Å². The molecule has 0 unspecified atom stereocenters. The van der Waals surface area contributed by atoms with Crippen molar-refractivity contribution in [1.82, 2.24) is 20.6 Å². The van der Waals surface area contributed by atoms with Gasteiger partial charge in [0, 0.05) is 36.6 Å². The lowest BCUT2D eigenvalue weighted by Crippen LogP contribution is -2.39. The molecule has 164 valence electrons. The van der Waals surface area contributed by atoms with Crippen LogP contribution in [0.4, 0.5) is 5.82 Å². The molecule has 1 saturated carbocycles. The van der Waals surface area contributed by atoms with Crippen molar-refractivity contribution >= 4 is 28.3 Å². The van der Waals surface area contributed by atoms with Crippen LogP contribution >= 0.6 is 0 Å². The van der Waals surface area contributed by atoms with E-state index in [0.717, 1.165) is 35.1 Å². The third kappa shape index (κ3) is 5.53. The second-order valence-electron chi connectivity index (χ2n) is 8.00. The summed E-state index contributed by atoms with van der Waals surface area (Å²) in [5.41, 5.74) is 15.8. The quantitative estimate of drug-likeness (QED) is 0.219. The summed E-state index contributed by atoms with van der Waals surface area (Å²) in [5.74, 6) is 1.73. The van der Waals surface area contributed by atoms with Crippen LogP contribution in [0.25, 0.3) is 16.6 Å². The van der Waals surface area contributed by atoms with E-state index in [2.05, 4.69) is 39.8 Å². The maximum absolute atomic E-state index is 8.50. The molecule has 0 aromatic carbocycles. The molecule has 0 aliphatic heterocycles. The van der Waals surface area contributed by atoms with Crippen LogP contribution in [0.3, 0.4) is 0 Å². The molecule has 1 aliphatic carbocycles.